The molecule has 0 amide bonds. The predicted octanol–water partition coefficient (Wildman–Crippen LogP) is 2.45. The molecule has 2 rings (SSSR count). The molecule has 0 saturated carbocycles. The summed E-state index contributed by atoms with van der Waals surface area (Å²) in [4.78, 5) is 12.8. The molecule has 5 nitrogen and oxygen atoms in total. The van der Waals surface area contributed by atoms with Crippen LogP contribution in [0, 0.1) is 16.0 Å². The topological polar surface area (TPSA) is 66.6 Å². The van der Waals surface area contributed by atoms with Crippen LogP contribution in [0.4, 0.5) is 5.69 Å². The first-order valence-corrected chi connectivity index (χ1v) is 6.68. The Bertz CT molecular complexity index is 481. The Labute approximate surface area is 116 Å². The van der Waals surface area contributed by atoms with Gasteiger partial charge in [0.25, 0.3) is 5.69 Å². The van der Waals surface area contributed by atoms with Crippen molar-refractivity contribution in [2.75, 3.05) is 13.1 Å². The van der Waals surface area contributed by atoms with E-state index < -0.39 is 4.92 Å². The fourth-order valence-corrected chi connectivity index (χ4v) is 2.61. The highest BCUT2D eigenvalue weighted by molar-refractivity contribution is 6.30. The number of aliphatic hydroxyl groups is 1. The molecule has 1 fully saturated rings. The molecule has 2 atom stereocenters. The van der Waals surface area contributed by atoms with Gasteiger partial charge in [0.05, 0.1) is 11.0 Å². The van der Waals surface area contributed by atoms with Gasteiger partial charge in [0.2, 0.25) is 0 Å². The van der Waals surface area contributed by atoms with Crippen molar-refractivity contribution in [3.8, 4) is 0 Å². The van der Waals surface area contributed by atoms with Crippen molar-refractivity contribution in [1.29, 1.82) is 0 Å². The van der Waals surface area contributed by atoms with E-state index in [1.807, 2.05) is 6.92 Å². The molecule has 0 bridgehead atoms. The Kier molecular flexibility index (Phi) is 4.39. The van der Waals surface area contributed by atoms with E-state index in [-0.39, 0.29) is 17.7 Å². The fourth-order valence-electron chi connectivity index (χ4n) is 2.44. The highest BCUT2D eigenvalue weighted by atomic mass is 35.5. The summed E-state index contributed by atoms with van der Waals surface area (Å²) in [5.74, 6) is 0.195. The summed E-state index contributed by atoms with van der Waals surface area (Å²) in [6.07, 6.45) is 0.444. The minimum atomic E-state index is -0.399. The standard InChI is InChI=1S/C13H17ClN2O3/c1-9-7-15(5-4-13(9)17)8-10-2-3-11(14)6-12(10)16(18)19/h2-3,6,9,13,17H,4-5,7-8H2,1H3. The number of nitrogens with zero attached hydrogens (tertiary/aromatic N) is 2. The largest absolute Gasteiger partial charge is 0.393 e. The van der Waals surface area contributed by atoms with Gasteiger partial charge in [-0.2, -0.15) is 0 Å². The number of nitro groups is 1. The third kappa shape index (κ3) is 3.43. The molecule has 1 N–H and O–H groups in total. The summed E-state index contributed by atoms with van der Waals surface area (Å²) < 4.78 is 0. The van der Waals surface area contributed by atoms with Gasteiger partial charge in [-0.15, -0.1) is 0 Å². The van der Waals surface area contributed by atoms with Crippen LogP contribution in [0.15, 0.2) is 18.2 Å². The van der Waals surface area contributed by atoms with Crippen LogP contribution in [-0.2, 0) is 6.54 Å². The van der Waals surface area contributed by atoms with E-state index in [0.717, 1.165) is 13.1 Å². The van der Waals surface area contributed by atoms with Crippen molar-refractivity contribution >= 4 is 17.3 Å². The number of aliphatic hydroxyl groups excluding tert-OH is 1. The molecule has 1 aliphatic rings. The Balaban J connectivity index is 2.13. The maximum absolute atomic E-state index is 11.0. The van der Waals surface area contributed by atoms with Gasteiger partial charge in [-0.05, 0) is 24.5 Å². The lowest BCUT2D eigenvalue weighted by atomic mass is 9.96. The number of hydrogen-bond donors (Lipinski definition) is 1. The first-order chi connectivity index (χ1) is 8.97. The van der Waals surface area contributed by atoms with Gasteiger partial charge >= 0.3 is 0 Å². The molecule has 1 aliphatic heterocycles. The molecular formula is C13H17ClN2O3. The van der Waals surface area contributed by atoms with E-state index in [1.54, 1.807) is 12.1 Å². The number of nitro benzene ring substituents is 1. The molecule has 0 radical (unpaired) electrons. The van der Waals surface area contributed by atoms with Gasteiger partial charge in [-0.3, -0.25) is 15.0 Å². The quantitative estimate of drug-likeness (QED) is 0.684. The SMILES string of the molecule is CC1CN(Cc2ccc(Cl)cc2[N+](=O)[O-])CCC1O. The maximum Gasteiger partial charge on any atom is 0.275 e. The second kappa shape index (κ2) is 5.86. The number of likely N-dealkylation sites (tertiary alicyclic amines) is 1. The summed E-state index contributed by atoms with van der Waals surface area (Å²) in [5, 5.41) is 21.1. The average Bonchev–Trinajstić information content (AvgIpc) is 2.36. The minimum Gasteiger partial charge on any atom is -0.393 e. The molecular weight excluding hydrogens is 268 g/mol. The van der Waals surface area contributed by atoms with Crippen LogP contribution >= 0.6 is 11.6 Å². The van der Waals surface area contributed by atoms with Crippen molar-refractivity contribution in [1.82, 2.24) is 4.90 Å². The van der Waals surface area contributed by atoms with Crippen LogP contribution < -0.4 is 0 Å². The van der Waals surface area contributed by atoms with Crippen molar-refractivity contribution in [2.24, 2.45) is 5.92 Å². The molecule has 0 spiro atoms. The zero-order valence-electron chi connectivity index (χ0n) is 10.8. The van der Waals surface area contributed by atoms with Crippen LogP contribution in [0.3, 0.4) is 0 Å². The van der Waals surface area contributed by atoms with Crippen LogP contribution in [0.25, 0.3) is 0 Å². The molecule has 1 aromatic carbocycles. The molecule has 1 heterocycles. The van der Waals surface area contributed by atoms with Crippen molar-refractivity contribution in [3.63, 3.8) is 0 Å². The molecule has 0 aromatic heterocycles. The number of benzene rings is 1. The van der Waals surface area contributed by atoms with Crippen molar-refractivity contribution in [3.05, 3.63) is 38.9 Å². The van der Waals surface area contributed by atoms with Crippen molar-refractivity contribution in [2.45, 2.75) is 26.0 Å². The molecule has 2 unspecified atom stereocenters. The van der Waals surface area contributed by atoms with Gasteiger partial charge in [0.1, 0.15) is 0 Å². The van der Waals surface area contributed by atoms with Crippen LogP contribution in [0.5, 0.6) is 0 Å². The highest BCUT2D eigenvalue weighted by Gasteiger charge is 2.25. The summed E-state index contributed by atoms with van der Waals surface area (Å²) in [6.45, 7) is 4.02. The molecule has 19 heavy (non-hydrogen) atoms. The van der Waals surface area contributed by atoms with E-state index in [2.05, 4.69) is 4.90 Å². The molecule has 0 aliphatic carbocycles. The molecule has 104 valence electrons. The van der Waals surface area contributed by atoms with E-state index in [9.17, 15) is 15.2 Å². The number of rotatable bonds is 3. The van der Waals surface area contributed by atoms with Crippen LogP contribution in [-0.4, -0.2) is 34.1 Å². The Hall–Kier alpha value is -1.17. The van der Waals surface area contributed by atoms with E-state index in [4.69, 9.17) is 11.6 Å². The maximum atomic E-state index is 11.0. The average molecular weight is 285 g/mol. The van der Waals surface area contributed by atoms with Crippen molar-refractivity contribution < 1.29 is 10.0 Å². The second-order valence-corrected chi connectivity index (χ2v) is 5.54. The first-order valence-electron chi connectivity index (χ1n) is 6.30. The van der Waals surface area contributed by atoms with Gasteiger partial charge in [-0.25, -0.2) is 0 Å². The smallest absolute Gasteiger partial charge is 0.275 e. The summed E-state index contributed by atoms with van der Waals surface area (Å²) in [5.41, 5.74) is 0.726. The van der Waals surface area contributed by atoms with Gasteiger partial charge in [0.15, 0.2) is 0 Å². The van der Waals surface area contributed by atoms with E-state index >= 15 is 0 Å². The number of halogens is 1. The fraction of sp³-hybridized carbons (Fsp3) is 0.538. The highest BCUT2D eigenvalue weighted by Crippen LogP contribution is 2.26. The lowest BCUT2D eigenvalue weighted by molar-refractivity contribution is -0.385. The second-order valence-electron chi connectivity index (χ2n) is 5.10. The van der Waals surface area contributed by atoms with Gasteiger partial charge < -0.3 is 5.11 Å². The van der Waals surface area contributed by atoms with Crippen LogP contribution in [0.2, 0.25) is 5.02 Å². The minimum absolute atomic E-state index is 0.0614. The summed E-state index contributed by atoms with van der Waals surface area (Å²) in [6, 6.07) is 4.77. The number of hydrogen-bond acceptors (Lipinski definition) is 4. The molecule has 1 saturated heterocycles. The summed E-state index contributed by atoms with van der Waals surface area (Å²) in [7, 11) is 0. The van der Waals surface area contributed by atoms with E-state index in [1.165, 1.54) is 6.07 Å². The third-order valence-electron chi connectivity index (χ3n) is 3.58. The van der Waals surface area contributed by atoms with Gasteiger partial charge in [0, 0.05) is 36.3 Å². The summed E-state index contributed by atoms with van der Waals surface area (Å²) >= 11 is 5.79. The molecule has 1 aromatic rings. The monoisotopic (exact) mass is 284 g/mol. The zero-order chi connectivity index (χ0) is 14.0. The lowest BCUT2D eigenvalue weighted by Crippen LogP contribution is -2.41. The lowest BCUT2D eigenvalue weighted by Gasteiger charge is -2.34. The van der Waals surface area contributed by atoms with Gasteiger partial charge in [-0.1, -0.05) is 18.5 Å². The van der Waals surface area contributed by atoms with Crippen LogP contribution in [0.1, 0.15) is 18.9 Å². The Morgan fingerprint density at radius 3 is 2.95 bits per heavy atom. The molecule has 6 heteroatoms. The normalized spacial score (nSPS) is 24.4. The number of piperidine rings is 1. The Morgan fingerprint density at radius 1 is 1.58 bits per heavy atom. The zero-order valence-corrected chi connectivity index (χ0v) is 11.5. The Morgan fingerprint density at radius 2 is 2.32 bits per heavy atom. The van der Waals surface area contributed by atoms with E-state index in [0.29, 0.717) is 23.6 Å². The predicted molar refractivity (Wildman–Crippen MR) is 73.2 cm³/mol. The third-order valence-corrected chi connectivity index (χ3v) is 3.82. The first kappa shape index (κ1) is 14.2.